The molecule has 2 unspecified atom stereocenters. The first kappa shape index (κ1) is 27.2. The molecule has 2 atom stereocenters. The molecule has 0 aliphatic heterocycles. The molecule has 2 nitrogen and oxygen atoms in total. The third-order valence-corrected chi connectivity index (χ3v) is 6.71. The van der Waals surface area contributed by atoms with Gasteiger partial charge in [-0.2, -0.15) is 0 Å². The predicted octanol–water partition coefficient (Wildman–Crippen LogP) is 8.52. The minimum Gasteiger partial charge on any atom is -0.299 e. The van der Waals surface area contributed by atoms with Crippen LogP contribution in [0.5, 0.6) is 0 Å². The fourth-order valence-electron chi connectivity index (χ4n) is 3.68. The van der Waals surface area contributed by atoms with Crippen LogP contribution in [0, 0.1) is 0 Å². The third kappa shape index (κ3) is 13.4. The van der Waals surface area contributed by atoms with Crippen molar-refractivity contribution in [3.05, 3.63) is 35.9 Å². The van der Waals surface area contributed by atoms with Crippen molar-refractivity contribution in [2.24, 2.45) is 0 Å². The van der Waals surface area contributed by atoms with E-state index >= 15 is 0 Å². The highest BCUT2D eigenvalue weighted by molar-refractivity contribution is 6.30. The van der Waals surface area contributed by atoms with Crippen molar-refractivity contribution in [3.8, 4) is 0 Å². The summed E-state index contributed by atoms with van der Waals surface area (Å²) in [6, 6.07) is 8.90. The summed E-state index contributed by atoms with van der Waals surface area (Å²) >= 11 is 12.7. The van der Waals surface area contributed by atoms with Gasteiger partial charge in [0.25, 0.3) is 0 Å². The van der Waals surface area contributed by atoms with Crippen LogP contribution in [-0.2, 0) is 4.79 Å². The van der Waals surface area contributed by atoms with Crippen LogP contribution in [0.1, 0.15) is 114 Å². The van der Waals surface area contributed by atoms with Gasteiger partial charge in [0.1, 0.15) is 5.78 Å². The van der Waals surface area contributed by atoms with Crippen LogP contribution in [0.3, 0.4) is 0 Å². The maximum Gasteiger partial charge on any atom is 0.170 e. The van der Waals surface area contributed by atoms with Crippen molar-refractivity contribution in [1.82, 2.24) is 0 Å². The van der Waals surface area contributed by atoms with E-state index in [2.05, 4.69) is 6.92 Å². The summed E-state index contributed by atoms with van der Waals surface area (Å²) in [6.45, 7) is 2.26. The second-order valence-electron chi connectivity index (χ2n) is 8.42. The molecule has 0 saturated heterocycles. The van der Waals surface area contributed by atoms with Gasteiger partial charge in [-0.25, -0.2) is 0 Å². The van der Waals surface area contributed by atoms with Gasteiger partial charge in [0.2, 0.25) is 0 Å². The number of hydrogen-bond donors (Lipinski definition) is 0. The Hall–Kier alpha value is -0.860. The van der Waals surface area contributed by atoms with Crippen molar-refractivity contribution in [2.45, 2.75) is 114 Å². The first-order valence-corrected chi connectivity index (χ1v) is 12.8. The molecule has 1 rings (SSSR count). The van der Waals surface area contributed by atoms with Crippen LogP contribution in [0.15, 0.2) is 30.3 Å². The molecular formula is C26H40Cl2O2. The van der Waals surface area contributed by atoms with E-state index < -0.39 is 5.38 Å². The number of Topliss-reactive ketones (excluding diaryl/α,β-unsaturated/α-hetero) is 2. The Morgan fingerprint density at radius 2 is 1.23 bits per heavy atom. The molecule has 0 spiro atoms. The number of halogens is 2. The van der Waals surface area contributed by atoms with E-state index in [0.717, 1.165) is 12.8 Å². The lowest BCUT2D eigenvalue weighted by Gasteiger charge is -2.15. The molecule has 0 fully saturated rings. The van der Waals surface area contributed by atoms with Gasteiger partial charge in [-0.1, -0.05) is 114 Å². The van der Waals surface area contributed by atoms with Crippen LogP contribution in [0.4, 0.5) is 0 Å². The average molecular weight is 456 g/mol. The molecule has 30 heavy (non-hydrogen) atoms. The molecule has 0 heterocycles. The van der Waals surface area contributed by atoms with Gasteiger partial charge in [0.05, 0.1) is 17.2 Å². The lowest BCUT2D eigenvalue weighted by molar-refractivity contribution is -0.118. The molecule has 0 N–H and O–H groups in total. The summed E-state index contributed by atoms with van der Waals surface area (Å²) in [5.41, 5.74) is 0.566. The lowest BCUT2D eigenvalue weighted by Crippen LogP contribution is -2.20. The molecule has 0 aliphatic rings. The average Bonchev–Trinajstić information content (AvgIpc) is 2.74. The van der Waals surface area contributed by atoms with E-state index in [0.29, 0.717) is 5.56 Å². The van der Waals surface area contributed by atoms with Crippen molar-refractivity contribution in [1.29, 1.82) is 0 Å². The van der Waals surface area contributed by atoms with Crippen LogP contribution >= 0.6 is 23.2 Å². The maximum atomic E-state index is 12.2. The van der Waals surface area contributed by atoms with Gasteiger partial charge in [0.15, 0.2) is 5.78 Å². The zero-order chi connectivity index (χ0) is 22.0. The number of carbonyl (C=O) groups excluding carboxylic acids is 2. The first-order valence-electron chi connectivity index (χ1n) is 11.9. The normalized spacial score (nSPS) is 13.2. The standard InChI is InChI=1S/C26H40Cl2O2/c1-2-3-4-5-6-7-8-9-10-11-12-16-19-24(27)25(28)20-23(29)21-26(30)22-17-14-13-15-18-22/h13-15,17-18,24-25H,2-12,16,19-21H2,1H3. The van der Waals surface area contributed by atoms with E-state index in [1.165, 1.54) is 70.6 Å². The Morgan fingerprint density at radius 1 is 0.733 bits per heavy atom. The summed E-state index contributed by atoms with van der Waals surface area (Å²) in [5, 5.41) is -0.624. The van der Waals surface area contributed by atoms with Gasteiger partial charge in [-0.05, 0) is 6.42 Å². The van der Waals surface area contributed by atoms with Crippen molar-refractivity contribution < 1.29 is 9.59 Å². The summed E-state index contributed by atoms with van der Waals surface area (Å²) < 4.78 is 0. The number of unbranched alkanes of at least 4 members (excludes halogenated alkanes) is 11. The van der Waals surface area contributed by atoms with Gasteiger partial charge in [0, 0.05) is 12.0 Å². The van der Waals surface area contributed by atoms with Gasteiger partial charge in [-0.15, -0.1) is 23.2 Å². The first-order chi connectivity index (χ1) is 14.5. The topological polar surface area (TPSA) is 34.1 Å². The Kier molecular flexibility index (Phi) is 16.1. The number of carbonyl (C=O) groups is 2. The number of alkyl halides is 2. The number of ketones is 2. The van der Waals surface area contributed by atoms with Crippen LogP contribution in [-0.4, -0.2) is 22.3 Å². The fourth-order valence-corrected chi connectivity index (χ4v) is 4.23. The predicted molar refractivity (Wildman–Crippen MR) is 130 cm³/mol. The fraction of sp³-hybridized carbons (Fsp3) is 0.692. The number of benzene rings is 1. The van der Waals surface area contributed by atoms with Gasteiger partial charge >= 0.3 is 0 Å². The summed E-state index contributed by atoms with van der Waals surface area (Å²) in [4.78, 5) is 24.3. The number of hydrogen-bond acceptors (Lipinski definition) is 2. The molecular weight excluding hydrogens is 415 g/mol. The smallest absolute Gasteiger partial charge is 0.170 e. The SMILES string of the molecule is CCCCCCCCCCCCCCC(Cl)C(Cl)CC(=O)CC(=O)c1ccccc1. The number of rotatable bonds is 19. The van der Waals surface area contributed by atoms with Crippen molar-refractivity contribution in [3.63, 3.8) is 0 Å². The molecule has 0 aliphatic carbocycles. The van der Waals surface area contributed by atoms with E-state index in [9.17, 15) is 9.59 Å². The molecule has 170 valence electrons. The Labute approximate surface area is 194 Å². The van der Waals surface area contributed by atoms with E-state index in [1.807, 2.05) is 6.07 Å². The summed E-state index contributed by atoms with van der Waals surface area (Å²) in [6.07, 6.45) is 16.6. The zero-order valence-electron chi connectivity index (χ0n) is 18.7. The van der Waals surface area contributed by atoms with E-state index in [4.69, 9.17) is 23.2 Å². The minimum atomic E-state index is -0.407. The molecule has 0 bridgehead atoms. The summed E-state index contributed by atoms with van der Waals surface area (Å²) in [7, 11) is 0. The van der Waals surface area contributed by atoms with Crippen LogP contribution < -0.4 is 0 Å². The van der Waals surface area contributed by atoms with Gasteiger partial charge < -0.3 is 0 Å². The lowest BCUT2D eigenvalue weighted by atomic mass is 10.0. The Morgan fingerprint density at radius 3 is 1.77 bits per heavy atom. The highest BCUT2D eigenvalue weighted by Gasteiger charge is 2.21. The maximum absolute atomic E-state index is 12.2. The highest BCUT2D eigenvalue weighted by Crippen LogP contribution is 2.22. The van der Waals surface area contributed by atoms with E-state index in [-0.39, 0.29) is 29.8 Å². The second kappa shape index (κ2) is 17.8. The van der Waals surface area contributed by atoms with Crippen LogP contribution in [0.25, 0.3) is 0 Å². The highest BCUT2D eigenvalue weighted by atomic mass is 35.5. The van der Waals surface area contributed by atoms with E-state index in [1.54, 1.807) is 24.3 Å². The Bertz CT molecular complexity index is 574. The van der Waals surface area contributed by atoms with Crippen LogP contribution in [0.2, 0.25) is 0 Å². The third-order valence-electron chi connectivity index (χ3n) is 5.60. The van der Waals surface area contributed by atoms with Crippen molar-refractivity contribution in [2.75, 3.05) is 0 Å². The zero-order valence-corrected chi connectivity index (χ0v) is 20.2. The molecule has 1 aromatic carbocycles. The minimum absolute atomic E-state index is 0.102. The molecule has 4 heteroatoms. The Balaban J connectivity index is 2.02. The molecule has 0 radical (unpaired) electrons. The van der Waals surface area contributed by atoms with Crippen molar-refractivity contribution >= 4 is 34.8 Å². The molecule has 0 amide bonds. The second-order valence-corrected chi connectivity index (χ2v) is 9.54. The van der Waals surface area contributed by atoms with Gasteiger partial charge in [-0.3, -0.25) is 9.59 Å². The molecule has 0 aromatic heterocycles. The molecule has 1 aromatic rings. The largest absolute Gasteiger partial charge is 0.299 e. The molecule has 0 saturated carbocycles. The summed E-state index contributed by atoms with van der Waals surface area (Å²) in [5.74, 6) is -0.291. The quantitative estimate of drug-likeness (QED) is 0.0906. The monoisotopic (exact) mass is 454 g/mol.